The number of nitrogens with two attached hydrogens (primary N) is 1. The molecule has 1 unspecified atom stereocenters. The van der Waals surface area contributed by atoms with Crippen molar-refractivity contribution in [2.45, 2.75) is 31.5 Å². The van der Waals surface area contributed by atoms with Gasteiger partial charge in [0.1, 0.15) is 23.7 Å². The number of aliphatic hydroxyl groups excluding tert-OH is 1. The van der Waals surface area contributed by atoms with Crippen molar-refractivity contribution in [3.05, 3.63) is 76.1 Å². The summed E-state index contributed by atoms with van der Waals surface area (Å²) in [4.78, 5) is 32.9. The van der Waals surface area contributed by atoms with Crippen LogP contribution in [0.5, 0.6) is 5.75 Å². The van der Waals surface area contributed by atoms with Gasteiger partial charge in [0.05, 0.1) is 54.8 Å². The summed E-state index contributed by atoms with van der Waals surface area (Å²) in [7, 11) is 3.18. The van der Waals surface area contributed by atoms with E-state index in [-0.39, 0.29) is 47.7 Å². The molecule has 3 heterocycles. The highest BCUT2D eigenvalue weighted by Gasteiger charge is 2.28. The fourth-order valence-electron chi connectivity index (χ4n) is 4.34. The van der Waals surface area contributed by atoms with Crippen LogP contribution >= 0.6 is 11.6 Å². The highest BCUT2D eigenvalue weighted by Crippen LogP contribution is 2.25. The number of aldehydes is 1. The summed E-state index contributed by atoms with van der Waals surface area (Å²) >= 11 is 6.27. The third-order valence-electron chi connectivity index (χ3n) is 6.68. The Morgan fingerprint density at radius 2 is 2.12 bits per heavy atom. The minimum Gasteiger partial charge on any atom is -0.497 e. The van der Waals surface area contributed by atoms with Crippen molar-refractivity contribution < 1.29 is 28.6 Å². The molecular formula is C29H36ClFN6O5. The summed E-state index contributed by atoms with van der Waals surface area (Å²) < 4.78 is 23.3. The smallest absolute Gasteiger partial charge is 0.256 e. The van der Waals surface area contributed by atoms with Crippen LogP contribution in [0, 0.1) is 5.82 Å². The van der Waals surface area contributed by atoms with E-state index in [0.29, 0.717) is 46.8 Å². The third kappa shape index (κ3) is 8.83. The Morgan fingerprint density at radius 1 is 1.38 bits per heavy atom. The number of amides is 1. The quantitative estimate of drug-likeness (QED) is 0.225. The molecule has 0 spiro atoms. The number of hydrogen-bond acceptors (Lipinski definition) is 10. The molecule has 1 amide bonds. The van der Waals surface area contributed by atoms with Crippen LogP contribution in [0.15, 0.2) is 52.9 Å². The number of hydrogen-bond donors (Lipinski definition) is 4. The molecule has 1 aromatic carbocycles. The van der Waals surface area contributed by atoms with Crippen LogP contribution in [0.25, 0.3) is 5.70 Å². The number of rotatable bonds is 11. The Bertz CT molecular complexity index is 1330. The summed E-state index contributed by atoms with van der Waals surface area (Å²) in [6.07, 6.45) is 5.45. The van der Waals surface area contributed by atoms with Crippen LogP contribution in [0.3, 0.4) is 0 Å². The first-order valence-corrected chi connectivity index (χ1v) is 13.7. The number of nitrogens with zero attached hydrogens (tertiary/aromatic N) is 3. The molecular weight excluding hydrogens is 567 g/mol. The number of methoxy groups -OCH3 is 1. The van der Waals surface area contributed by atoms with Gasteiger partial charge in [0.15, 0.2) is 0 Å². The normalized spacial score (nSPS) is 16.3. The monoisotopic (exact) mass is 602 g/mol. The molecule has 13 heteroatoms. The van der Waals surface area contributed by atoms with E-state index in [1.165, 1.54) is 30.4 Å². The fraction of sp³-hybridized carbons (Fsp3) is 0.379. The Morgan fingerprint density at radius 3 is 2.76 bits per heavy atom. The highest BCUT2D eigenvalue weighted by atomic mass is 35.5. The topological polar surface area (TPSA) is 151 Å². The van der Waals surface area contributed by atoms with Gasteiger partial charge in [-0.15, -0.1) is 0 Å². The number of ether oxygens (including phenoxy) is 2. The van der Waals surface area contributed by atoms with Crippen LogP contribution < -0.4 is 21.1 Å². The van der Waals surface area contributed by atoms with Crippen molar-refractivity contribution in [2.24, 2.45) is 10.7 Å². The maximum atomic E-state index is 13.1. The number of fused-ring (bicyclic) bond motifs is 1. The molecule has 4 rings (SSSR count). The van der Waals surface area contributed by atoms with E-state index in [0.717, 1.165) is 26.1 Å². The Balaban J connectivity index is 0.000000291. The minimum absolute atomic E-state index is 0.0332. The number of nitrogens with one attached hydrogen (secondary N) is 2. The number of aliphatic imine (C=N–C) groups is 1. The Kier molecular flexibility index (Phi) is 12.4. The molecule has 1 aromatic heterocycles. The van der Waals surface area contributed by atoms with Gasteiger partial charge >= 0.3 is 0 Å². The van der Waals surface area contributed by atoms with Gasteiger partial charge in [-0.05, 0) is 43.7 Å². The van der Waals surface area contributed by atoms with Crippen LogP contribution in [0.2, 0.25) is 0 Å². The number of aromatic nitrogens is 1. The van der Waals surface area contributed by atoms with Crippen molar-refractivity contribution >= 4 is 35.7 Å². The number of aliphatic hydroxyl groups is 1. The van der Waals surface area contributed by atoms with E-state index >= 15 is 0 Å². The molecule has 0 radical (unpaired) electrons. The minimum atomic E-state index is -0.368. The first-order chi connectivity index (χ1) is 20.2. The molecule has 1 saturated heterocycles. The van der Waals surface area contributed by atoms with Gasteiger partial charge in [-0.25, -0.2) is 9.38 Å². The fourth-order valence-corrected chi connectivity index (χ4v) is 4.49. The molecule has 42 heavy (non-hydrogen) atoms. The molecule has 1 atom stereocenters. The third-order valence-corrected chi connectivity index (χ3v) is 6.98. The van der Waals surface area contributed by atoms with Crippen LogP contribution in [0.4, 0.5) is 4.39 Å². The van der Waals surface area contributed by atoms with Gasteiger partial charge in [0.2, 0.25) is 0 Å². The van der Waals surface area contributed by atoms with Crippen LogP contribution in [-0.4, -0.2) is 80.0 Å². The molecule has 0 bridgehead atoms. The molecule has 0 saturated carbocycles. The van der Waals surface area contributed by atoms with E-state index in [2.05, 4.69) is 27.2 Å². The van der Waals surface area contributed by atoms with Crippen molar-refractivity contribution in [3.8, 4) is 5.75 Å². The van der Waals surface area contributed by atoms with Gasteiger partial charge in [-0.1, -0.05) is 18.2 Å². The predicted molar refractivity (Wildman–Crippen MR) is 158 cm³/mol. The van der Waals surface area contributed by atoms with Crippen LogP contribution in [0.1, 0.15) is 46.1 Å². The Hall–Kier alpha value is -3.84. The SMILES string of the molecule is C=C(/N=C\C(Cl)=C(/N)c1cnc2c(c1)C(=O)N(CC=O)C2)NC1CCOCC1.CNC(CO)c1cc(F)cc(OC)c1. The zero-order valence-corrected chi connectivity index (χ0v) is 24.4. The van der Waals surface area contributed by atoms with Crippen molar-refractivity contribution in [3.63, 3.8) is 0 Å². The number of benzene rings is 1. The average molecular weight is 603 g/mol. The number of allylic oxidation sites excluding steroid dienone is 1. The van der Waals surface area contributed by atoms with Crippen molar-refractivity contribution in [1.29, 1.82) is 0 Å². The Labute approximate surface area is 249 Å². The summed E-state index contributed by atoms with van der Waals surface area (Å²) in [6, 6.07) is 6.02. The molecule has 2 aliphatic heterocycles. The lowest BCUT2D eigenvalue weighted by molar-refractivity contribution is -0.108. The van der Waals surface area contributed by atoms with Crippen molar-refractivity contribution in [2.75, 3.05) is 40.5 Å². The van der Waals surface area contributed by atoms with E-state index in [4.69, 9.17) is 31.9 Å². The summed E-state index contributed by atoms with van der Waals surface area (Å²) in [5.74, 6) is 0.328. The van der Waals surface area contributed by atoms with E-state index in [9.17, 15) is 14.0 Å². The molecule has 0 aliphatic carbocycles. The van der Waals surface area contributed by atoms with Crippen molar-refractivity contribution in [1.82, 2.24) is 20.5 Å². The molecule has 2 aliphatic rings. The number of pyridine rings is 1. The predicted octanol–water partition coefficient (Wildman–Crippen LogP) is 2.50. The zero-order chi connectivity index (χ0) is 30.6. The zero-order valence-electron chi connectivity index (χ0n) is 23.6. The lowest BCUT2D eigenvalue weighted by atomic mass is 10.1. The second kappa shape index (κ2) is 16.0. The summed E-state index contributed by atoms with van der Waals surface area (Å²) in [5.41, 5.74) is 8.59. The maximum Gasteiger partial charge on any atom is 0.256 e. The number of carbonyl (C=O) groups excluding carboxylic acids is 2. The standard InChI is InChI=1S/C19H22ClN5O3.C10H14FNO2/c1-12(24-14-2-6-28-7-3-14)22-10-16(20)18(21)13-8-15-17(23-9-13)11-25(4-5-26)19(15)27;1-12-10(6-13)7-3-8(11)5-9(4-7)14-2/h5,8-10,14,24H,1-4,6-7,11,21H2;3-5,10,12-13H,6H2,1-2H3/b18-16+,22-10-;. The largest absolute Gasteiger partial charge is 0.497 e. The first kappa shape index (κ1) is 32.7. The molecule has 11 nitrogen and oxygen atoms in total. The van der Waals surface area contributed by atoms with Gasteiger partial charge in [0, 0.05) is 43.3 Å². The second-order valence-corrected chi connectivity index (χ2v) is 9.92. The highest BCUT2D eigenvalue weighted by molar-refractivity contribution is 6.42. The van der Waals surface area contributed by atoms with E-state index < -0.39 is 0 Å². The number of halogens is 2. The van der Waals surface area contributed by atoms with E-state index in [1.54, 1.807) is 25.4 Å². The number of carbonyl (C=O) groups is 2. The van der Waals surface area contributed by atoms with Gasteiger partial charge in [-0.2, -0.15) is 0 Å². The molecule has 5 N–H and O–H groups in total. The maximum absolute atomic E-state index is 13.1. The lowest BCUT2D eigenvalue weighted by Gasteiger charge is -2.23. The molecule has 2 aromatic rings. The van der Waals surface area contributed by atoms with Crippen LogP contribution in [-0.2, 0) is 16.1 Å². The second-order valence-electron chi connectivity index (χ2n) is 9.52. The summed E-state index contributed by atoms with van der Waals surface area (Å²) in [6.45, 7) is 5.57. The average Bonchev–Trinajstić information content (AvgIpc) is 3.31. The van der Waals surface area contributed by atoms with E-state index in [1.807, 2.05) is 0 Å². The lowest BCUT2D eigenvalue weighted by Crippen LogP contribution is -2.33. The first-order valence-electron chi connectivity index (χ1n) is 13.3. The number of likely N-dealkylation sites (N-methyl/N-ethyl adjacent to an activating group) is 1. The van der Waals surface area contributed by atoms with Gasteiger partial charge in [-0.3, -0.25) is 9.78 Å². The van der Waals surface area contributed by atoms with Gasteiger partial charge < -0.3 is 40.6 Å². The molecule has 226 valence electrons. The molecule has 1 fully saturated rings. The summed E-state index contributed by atoms with van der Waals surface area (Å²) in [5, 5.41) is 15.3. The van der Waals surface area contributed by atoms with Gasteiger partial charge in [0.25, 0.3) is 5.91 Å².